The maximum absolute atomic E-state index is 8.62. The minimum Gasteiger partial charge on any atom is -0.297 e. The van der Waals surface area contributed by atoms with Crippen molar-refractivity contribution in [1.29, 1.82) is 5.26 Å². The van der Waals surface area contributed by atoms with Gasteiger partial charge in [0.1, 0.15) is 0 Å². The van der Waals surface area contributed by atoms with Crippen LogP contribution in [-0.4, -0.2) is 20.5 Å². The van der Waals surface area contributed by atoms with Crippen molar-refractivity contribution in [3.05, 3.63) is 53.4 Å². The van der Waals surface area contributed by atoms with Gasteiger partial charge in [0, 0.05) is 12.2 Å². The molecule has 0 aliphatic heterocycles. The summed E-state index contributed by atoms with van der Waals surface area (Å²) in [7, 11) is 0. The Kier molecular flexibility index (Phi) is 6.05. The average Bonchev–Trinajstić information content (AvgIpc) is 3.26. The first kappa shape index (κ1) is 16.7. The van der Waals surface area contributed by atoms with Crippen LogP contribution >= 0.6 is 23.1 Å². The number of nitriles is 1. The molecule has 122 valence electrons. The van der Waals surface area contributed by atoms with Crippen LogP contribution in [0, 0.1) is 11.3 Å². The lowest BCUT2D eigenvalue weighted by Crippen LogP contribution is -2.03. The van der Waals surface area contributed by atoms with Crippen molar-refractivity contribution in [3.8, 4) is 16.8 Å². The molecule has 3 rings (SSSR count). The van der Waals surface area contributed by atoms with Crippen LogP contribution in [0.15, 0.2) is 53.0 Å². The molecule has 0 N–H and O–H groups in total. The smallest absolute Gasteiger partial charge is 0.191 e. The molecule has 0 fully saturated rings. The summed E-state index contributed by atoms with van der Waals surface area (Å²) in [6, 6.07) is 16.7. The normalized spacial score (nSPS) is 10.6. The maximum atomic E-state index is 8.62. The number of benzene rings is 1. The average molecular weight is 355 g/mol. The second kappa shape index (κ2) is 8.67. The van der Waals surface area contributed by atoms with E-state index in [9.17, 15) is 0 Å². The van der Waals surface area contributed by atoms with Gasteiger partial charge in [-0.2, -0.15) is 5.26 Å². The van der Waals surface area contributed by atoms with Crippen LogP contribution in [0.5, 0.6) is 0 Å². The topological polar surface area (TPSA) is 54.5 Å². The number of nitrogens with zero attached hydrogens (tertiary/aromatic N) is 4. The van der Waals surface area contributed by atoms with E-state index >= 15 is 0 Å². The van der Waals surface area contributed by atoms with Crippen LogP contribution in [0.2, 0.25) is 0 Å². The van der Waals surface area contributed by atoms with Crippen molar-refractivity contribution in [2.45, 2.75) is 31.0 Å². The molecule has 0 aliphatic rings. The third kappa shape index (κ3) is 4.25. The van der Waals surface area contributed by atoms with Gasteiger partial charge in [0.15, 0.2) is 11.0 Å². The summed E-state index contributed by atoms with van der Waals surface area (Å²) < 4.78 is 2.19. The molecule has 1 aromatic carbocycles. The van der Waals surface area contributed by atoms with E-state index in [0.29, 0.717) is 6.42 Å². The molecule has 2 heterocycles. The molecular weight excluding hydrogens is 336 g/mol. The van der Waals surface area contributed by atoms with Crippen molar-refractivity contribution in [3.63, 3.8) is 0 Å². The fraction of sp³-hybridized carbons (Fsp3) is 0.278. The number of unbranched alkanes of at least 4 members (excludes halogenated alkanes) is 2. The molecule has 4 nitrogen and oxygen atoms in total. The Balaban J connectivity index is 1.79. The van der Waals surface area contributed by atoms with E-state index < -0.39 is 0 Å². The van der Waals surface area contributed by atoms with E-state index in [1.165, 1.54) is 5.56 Å². The van der Waals surface area contributed by atoms with Gasteiger partial charge < -0.3 is 0 Å². The summed E-state index contributed by atoms with van der Waals surface area (Å²) in [6.07, 6.45) is 2.58. The molecule has 0 bridgehead atoms. The molecule has 0 aliphatic carbocycles. The molecular formula is C18H18N4S2. The van der Waals surface area contributed by atoms with Crippen molar-refractivity contribution in [2.75, 3.05) is 5.75 Å². The Hall–Kier alpha value is -2.10. The summed E-state index contributed by atoms with van der Waals surface area (Å²) in [4.78, 5) is 1.13. The van der Waals surface area contributed by atoms with Gasteiger partial charge in [-0.1, -0.05) is 48.2 Å². The molecule has 6 heteroatoms. The fourth-order valence-electron chi connectivity index (χ4n) is 2.36. The maximum Gasteiger partial charge on any atom is 0.191 e. The van der Waals surface area contributed by atoms with E-state index in [1.54, 1.807) is 23.1 Å². The number of thiophene rings is 1. The van der Waals surface area contributed by atoms with Gasteiger partial charge in [-0.25, -0.2) is 0 Å². The van der Waals surface area contributed by atoms with Crippen molar-refractivity contribution < 1.29 is 0 Å². The second-order valence-corrected chi connectivity index (χ2v) is 7.33. The zero-order valence-electron chi connectivity index (χ0n) is 13.3. The van der Waals surface area contributed by atoms with Gasteiger partial charge in [-0.15, -0.1) is 21.5 Å². The van der Waals surface area contributed by atoms with Crippen molar-refractivity contribution >= 4 is 23.1 Å². The molecule has 2 aromatic heterocycles. The number of aromatic nitrogens is 3. The van der Waals surface area contributed by atoms with Crippen LogP contribution in [0.1, 0.15) is 24.8 Å². The van der Waals surface area contributed by atoms with E-state index in [2.05, 4.69) is 56.5 Å². The third-order valence-corrected chi connectivity index (χ3v) is 5.47. The first-order chi connectivity index (χ1) is 11.9. The predicted molar refractivity (Wildman–Crippen MR) is 99.1 cm³/mol. The van der Waals surface area contributed by atoms with Crippen molar-refractivity contribution in [1.82, 2.24) is 14.8 Å². The lowest BCUT2D eigenvalue weighted by molar-refractivity contribution is 0.714. The van der Waals surface area contributed by atoms with E-state index in [0.717, 1.165) is 41.0 Å². The molecule has 24 heavy (non-hydrogen) atoms. The minimum atomic E-state index is 0.623. The van der Waals surface area contributed by atoms with Crippen LogP contribution in [0.25, 0.3) is 10.7 Å². The van der Waals surface area contributed by atoms with E-state index in [-0.39, 0.29) is 0 Å². The highest BCUT2D eigenvalue weighted by molar-refractivity contribution is 7.99. The summed E-state index contributed by atoms with van der Waals surface area (Å²) in [6.45, 7) is 0.765. The highest BCUT2D eigenvalue weighted by Crippen LogP contribution is 2.28. The van der Waals surface area contributed by atoms with Crippen molar-refractivity contribution in [2.24, 2.45) is 0 Å². The summed E-state index contributed by atoms with van der Waals surface area (Å²) >= 11 is 3.40. The lowest BCUT2D eigenvalue weighted by atomic mass is 10.2. The van der Waals surface area contributed by atoms with Gasteiger partial charge in [0.25, 0.3) is 0 Å². The van der Waals surface area contributed by atoms with Crippen LogP contribution in [-0.2, 0) is 6.54 Å². The number of rotatable bonds is 8. The Labute approximate surface area is 150 Å². The Bertz CT molecular complexity index is 788. The van der Waals surface area contributed by atoms with Gasteiger partial charge in [0.2, 0.25) is 0 Å². The van der Waals surface area contributed by atoms with E-state index in [1.807, 2.05) is 12.1 Å². The molecule has 0 amide bonds. The first-order valence-electron chi connectivity index (χ1n) is 7.89. The highest BCUT2D eigenvalue weighted by Gasteiger charge is 2.15. The molecule has 0 unspecified atom stereocenters. The van der Waals surface area contributed by atoms with E-state index in [4.69, 9.17) is 5.26 Å². The molecule has 0 saturated carbocycles. The first-order valence-corrected chi connectivity index (χ1v) is 9.76. The van der Waals surface area contributed by atoms with Gasteiger partial charge in [-0.3, -0.25) is 4.57 Å². The molecule has 0 spiro atoms. The summed E-state index contributed by atoms with van der Waals surface area (Å²) in [5.41, 5.74) is 1.24. The molecule has 3 aromatic rings. The standard InChI is InChI=1S/C18H18N4S2/c19-11-5-2-6-12-24-18-21-20-17(16-10-7-13-23-16)22(18)14-15-8-3-1-4-9-15/h1,3-4,7-10,13H,2,5-6,12,14H2. The largest absolute Gasteiger partial charge is 0.297 e. The Morgan fingerprint density at radius 2 is 1.96 bits per heavy atom. The molecule has 0 radical (unpaired) electrons. The van der Waals surface area contributed by atoms with Crippen LogP contribution in [0.4, 0.5) is 0 Å². The fourth-order valence-corrected chi connectivity index (χ4v) is 4.02. The third-order valence-electron chi connectivity index (χ3n) is 3.56. The quantitative estimate of drug-likeness (QED) is 0.429. The molecule has 0 atom stereocenters. The number of hydrogen-bond donors (Lipinski definition) is 0. The number of thioether (sulfide) groups is 1. The lowest BCUT2D eigenvalue weighted by Gasteiger charge is -2.09. The zero-order chi connectivity index (χ0) is 16.6. The monoisotopic (exact) mass is 354 g/mol. The predicted octanol–water partition coefficient (Wildman–Crippen LogP) is 4.84. The minimum absolute atomic E-state index is 0.623. The highest BCUT2D eigenvalue weighted by atomic mass is 32.2. The van der Waals surface area contributed by atoms with Gasteiger partial charge in [0.05, 0.1) is 17.5 Å². The SMILES string of the molecule is N#CCCCCSc1nnc(-c2cccs2)n1Cc1ccccc1. The van der Waals surface area contributed by atoms with Gasteiger partial charge in [-0.05, 0) is 29.9 Å². The summed E-state index contributed by atoms with van der Waals surface area (Å²) in [5.74, 6) is 1.88. The Morgan fingerprint density at radius 1 is 1.08 bits per heavy atom. The zero-order valence-corrected chi connectivity index (χ0v) is 14.9. The summed E-state index contributed by atoms with van der Waals surface area (Å²) in [5, 5.41) is 20.4. The Morgan fingerprint density at radius 3 is 2.71 bits per heavy atom. The van der Waals surface area contributed by atoms with Gasteiger partial charge >= 0.3 is 0 Å². The van der Waals surface area contributed by atoms with Crippen LogP contribution < -0.4 is 0 Å². The number of hydrogen-bond acceptors (Lipinski definition) is 5. The second-order valence-electron chi connectivity index (χ2n) is 5.32. The van der Waals surface area contributed by atoms with Crippen LogP contribution in [0.3, 0.4) is 0 Å². The molecule has 0 saturated heterocycles.